The number of piperidine rings is 1. The molecule has 1 fully saturated rings. The lowest BCUT2D eigenvalue weighted by Gasteiger charge is -2.19. The molecule has 8 heteroatoms. The molecule has 2 heterocycles. The van der Waals surface area contributed by atoms with Gasteiger partial charge in [0.25, 0.3) is 0 Å². The molecular weight excluding hydrogens is 320 g/mol. The maximum Gasteiger partial charge on any atom is 0.239 e. The second-order valence-corrected chi connectivity index (χ2v) is 5.66. The van der Waals surface area contributed by atoms with Crippen LogP contribution in [0.5, 0.6) is 0 Å². The maximum atomic E-state index is 12.1. The first-order valence-corrected chi connectivity index (χ1v) is 7.70. The molecule has 2 aromatic rings. The number of rotatable bonds is 3. The minimum absolute atomic E-state index is 0.145. The van der Waals surface area contributed by atoms with Crippen LogP contribution < -0.4 is 10.6 Å². The van der Waals surface area contributed by atoms with Crippen molar-refractivity contribution in [3.05, 3.63) is 23.9 Å². The molecule has 1 saturated heterocycles. The molecular formula is C15H15ClN4O3. The molecule has 23 heavy (non-hydrogen) atoms. The van der Waals surface area contributed by atoms with Gasteiger partial charge in [0.05, 0.1) is 22.8 Å². The van der Waals surface area contributed by atoms with Crippen LogP contribution in [0.4, 0.5) is 5.69 Å². The van der Waals surface area contributed by atoms with E-state index in [1.54, 1.807) is 23.9 Å². The highest BCUT2D eigenvalue weighted by molar-refractivity contribution is 6.29. The van der Waals surface area contributed by atoms with Crippen LogP contribution in [0, 0.1) is 0 Å². The summed E-state index contributed by atoms with van der Waals surface area (Å²) in [5, 5.41) is 10.3. The van der Waals surface area contributed by atoms with Crippen LogP contribution in [0.1, 0.15) is 24.5 Å². The van der Waals surface area contributed by atoms with E-state index in [2.05, 4.69) is 15.7 Å². The number of nitrogens with one attached hydrogen (secondary N) is 2. The number of carbonyl (C=O) groups is 3. The van der Waals surface area contributed by atoms with E-state index >= 15 is 0 Å². The second kappa shape index (κ2) is 6.00. The Labute approximate surface area is 137 Å². The lowest BCUT2D eigenvalue weighted by atomic mass is 9.92. The average Bonchev–Trinajstić information content (AvgIpc) is 2.85. The van der Waals surface area contributed by atoms with E-state index in [0.717, 1.165) is 5.39 Å². The lowest BCUT2D eigenvalue weighted by Crippen LogP contribution is -2.39. The molecule has 1 aromatic heterocycles. The summed E-state index contributed by atoms with van der Waals surface area (Å²) in [6, 6.07) is 5.38. The third-order valence-electron chi connectivity index (χ3n) is 3.86. The van der Waals surface area contributed by atoms with Crippen LogP contribution >= 0.6 is 11.6 Å². The number of fused-ring (bicyclic) bond motifs is 1. The average molecular weight is 335 g/mol. The Bertz CT molecular complexity index is 814. The number of nitrogens with zero attached hydrogens (tertiary/aromatic N) is 2. The molecule has 3 amide bonds. The minimum atomic E-state index is -0.477. The summed E-state index contributed by atoms with van der Waals surface area (Å²) in [7, 11) is 1.74. The van der Waals surface area contributed by atoms with Crippen LogP contribution in [-0.2, 0) is 21.4 Å². The van der Waals surface area contributed by atoms with Crippen molar-refractivity contribution in [3.63, 3.8) is 0 Å². The van der Waals surface area contributed by atoms with Gasteiger partial charge in [-0.15, -0.1) is 11.6 Å². The van der Waals surface area contributed by atoms with E-state index in [0.29, 0.717) is 23.3 Å². The first-order chi connectivity index (χ1) is 11.0. The standard InChI is InChI=1S/C15H15ClN4O3/c1-20-14-8(3-2-4-10(14)17-12(22)7-16)13(19-20)9-5-6-11(21)18-15(9)23/h2-4,9H,5-7H2,1H3,(H,17,22)(H,18,21,23). The fourth-order valence-electron chi connectivity index (χ4n) is 2.86. The first-order valence-electron chi connectivity index (χ1n) is 7.16. The van der Waals surface area contributed by atoms with E-state index in [4.69, 9.17) is 11.6 Å². The Balaban J connectivity index is 2.06. The summed E-state index contributed by atoms with van der Waals surface area (Å²) in [4.78, 5) is 35.0. The molecule has 1 aromatic carbocycles. The highest BCUT2D eigenvalue weighted by Gasteiger charge is 2.31. The summed E-state index contributed by atoms with van der Waals surface area (Å²) in [6.45, 7) is 0. The van der Waals surface area contributed by atoms with Gasteiger partial charge < -0.3 is 5.32 Å². The highest BCUT2D eigenvalue weighted by atomic mass is 35.5. The molecule has 0 spiro atoms. The Morgan fingerprint density at radius 2 is 2.26 bits per heavy atom. The number of benzene rings is 1. The number of carbonyl (C=O) groups excluding carboxylic acids is 3. The molecule has 1 unspecified atom stereocenters. The van der Waals surface area contributed by atoms with Gasteiger partial charge in [-0.2, -0.15) is 5.10 Å². The third kappa shape index (κ3) is 2.79. The van der Waals surface area contributed by atoms with Crippen molar-refractivity contribution in [2.24, 2.45) is 7.05 Å². The number of hydrogen-bond acceptors (Lipinski definition) is 4. The second-order valence-electron chi connectivity index (χ2n) is 5.40. The van der Waals surface area contributed by atoms with E-state index in [1.807, 2.05) is 6.07 Å². The zero-order valence-electron chi connectivity index (χ0n) is 12.4. The molecule has 0 radical (unpaired) electrons. The topological polar surface area (TPSA) is 93.1 Å². The van der Waals surface area contributed by atoms with Crippen LogP contribution in [0.2, 0.25) is 0 Å². The van der Waals surface area contributed by atoms with E-state index in [-0.39, 0.29) is 30.0 Å². The predicted octanol–water partition coefficient (Wildman–Crippen LogP) is 1.27. The zero-order chi connectivity index (χ0) is 16.6. The van der Waals surface area contributed by atoms with Gasteiger partial charge in [-0.1, -0.05) is 12.1 Å². The minimum Gasteiger partial charge on any atom is -0.323 e. The molecule has 7 nitrogen and oxygen atoms in total. The van der Waals surface area contributed by atoms with Crippen molar-refractivity contribution in [3.8, 4) is 0 Å². The van der Waals surface area contributed by atoms with E-state index in [9.17, 15) is 14.4 Å². The van der Waals surface area contributed by atoms with Crippen LogP contribution in [-0.4, -0.2) is 33.4 Å². The molecule has 1 aliphatic heterocycles. The van der Waals surface area contributed by atoms with Crippen LogP contribution in [0.3, 0.4) is 0 Å². The molecule has 2 N–H and O–H groups in total. The van der Waals surface area contributed by atoms with Gasteiger partial charge >= 0.3 is 0 Å². The number of imide groups is 1. The number of amides is 3. The Kier molecular flexibility index (Phi) is 4.04. The van der Waals surface area contributed by atoms with Gasteiger partial charge in [-0.05, 0) is 12.5 Å². The zero-order valence-corrected chi connectivity index (χ0v) is 13.2. The summed E-state index contributed by atoms with van der Waals surface area (Å²) in [5.74, 6) is -1.54. The van der Waals surface area contributed by atoms with E-state index in [1.165, 1.54) is 0 Å². The SMILES string of the molecule is Cn1nc(C2CCC(=O)NC2=O)c2cccc(NC(=O)CCl)c21. The normalized spacial score (nSPS) is 18.1. The number of anilines is 1. The van der Waals surface area contributed by atoms with Gasteiger partial charge in [-0.25, -0.2) is 0 Å². The van der Waals surface area contributed by atoms with E-state index < -0.39 is 5.92 Å². The van der Waals surface area contributed by atoms with Gasteiger partial charge in [0.1, 0.15) is 5.88 Å². The molecule has 0 aliphatic carbocycles. The fourth-order valence-corrected chi connectivity index (χ4v) is 2.93. The van der Waals surface area contributed by atoms with Crippen molar-refractivity contribution in [1.29, 1.82) is 0 Å². The number of aryl methyl sites for hydroxylation is 1. The van der Waals surface area contributed by atoms with Gasteiger partial charge in [-0.3, -0.25) is 24.4 Å². The van der Waals surface area contributed by atoms with Crippen molar-refractivity contribution in [2.45, 2.75) is 18.8 Å². The smallest absolute Gasteiger partial charge is 0.239 e. The highest BCUT2D eigenvalue weighted by Crippen LogP contribution is 2.33. The molecule has 0 saturated carbocycles. The van der Waals surface area contributed by atoms with Crippen molar-refractivity contribution in [1.82, 2.24) is 15.1 Å². The fraction of sp³-hybridized carbons (Fsp3) is 0.333. The number of aromatic nitrogens is 2. The summed E-state index contributed by atoms with van der Waals surface area (Å²) in [5.41, 5.74) is 1.90. The Hall–Kier alpha value is -2.41. The summed E-state index contributed by atoms with van der Waals surface area (Å²) in [6.07, 6.45) is 0.714. The Morgan fingerprint density at radius 1 is 1.48 bits per heavy atom. The lowest BCUT2D eigenvalue weighted by molar-refractivity contribution is -0.134. The largest absolute Gasteiger partial charge is 0.323 e. The quantitative estimate of drug-likeness (QED) is 0.653. The number of para-hydroxylation sites is 1. The van der Waals surface area contributed by atoms with Crippen molar-refractivity contribution in [2.75, 3.05) is 11.2 Å². The third-order valence-corrected chi connectivity index (χ3v) is 4.10. The van der Waals surface area contributed by atoms with Crippen molar-refractivity contribution >= 4 is 45.9 Å². The van der Waals surface area contributed by atoms with Gasteiger partial charge in [0.15, 0.2) is 0 Å². The van der Waals surface area contributed by atoms with Crippen molar-refractivity contribution < 1.29 is 14.4 Å². The van der Waals surface area contributed by atoms with Gasteiger partial charge in [0, 0.05) is 18.9 Å². The molecule has 3 rings (SSSR count). The predicted molar refractivity (Wildman–Crippen MR) is 85.2 cm³/mol. The molecule has 1 aliphatic rings. The Morgan fingerprint density at radius 3 is 2.96 bits per heavy atom. The number of halogens is 1. The van der Waals surface area contributed by atoms with Gasteiger partial charge in [0.2, 0.25) is 17.7 Å². The monoisotopic (exact) mass is 334 g/mol. The summed E-state index contributed by atoms with van der Waals surface area (Å²) >= 11 is 5.53. The molecule has 0 bridgehead atoms. The first kappa shape index (κ1) is 15.5. The number of hydrogen-bond donors (Lipinski definition) is 2. The number of alkyl halides is 1. The van der Waals surface area contributed by atoms with Crippen LogP contribution in [0.25, 0.3) is 10.9 Å². The summed E-state index contributed by atoms with van der Waals surface area (Å²) < 4.78 is 1.62. The molecule has 1 atom stereocenters. The molecule has 120 valence electrons. The van der Waals surface area contributed by atoms with Crippen LogP contribution in [0.15, 0.2) is 18.2 Å². The maximum absolute atomic E-state index is 12.1.